The first-order chi connectivity index (χ1) is 7.72. The molecule has 88 valence electrons. The van der Waals surface area contributed by atoms with Crippen molar-refractivity contribution in [2.45, 2.75) is 12.8 Å². The van der Waals surface area contributed by atoms with E-state index in [1.807, 2.05) is 0 Å². The predicted octanol–water partition coefficient (Wildman–Crippen LogP) is 0.708. The Labute approximate surface area is 102 Å². The van der Waals surface area contributed by atoms with Crippen LogP contribution < -0.4 is 16.2 Å². The Hall–Kier alpha value is -0.880. The third kappa shape index (κ3) is 2.27. The molecule has 1 fully saturated rings. The second-order valence-corrected chi connectivity index (χ2v) is 4.84. The van der Waals surface area contributed by atoms with Crippen LogP contribution in [-0.2, 0) is 0 Å². The molecule has 1 saturated heterocycles. The molecule has 1 aromatic rings. The number of nitrogens with one attached hydrogen (secondary N) is 1. The molecule has 0 bridgehead atoms. The van der Waals surface area contributed by atoms with Crippen LogP contribution >= 0.6 is 15.9 Å². The first-order valence-corrected chi connectivity index (χ1v) is 6.20. The second-order valence-electron chi connectivity index (χ2n) is 4.05. The number of nitrogens with zero attached hydrogens (tertiary/aromatic N) is 2. The molecule has 3 N–H and O–H groups in total. The number of aromatic nitrogens is 2. The van der Waals surface area contributed by atoms with E-state index < -0.39 is 0 Å². The van der Waals surface area contributed by atoms with E-state index in [0.29, 0.717) is 10.4 Å². The molecule has 0 amide bonds. The molecule has 1 aromatic heterocycles. The van der Waals surface area contributed by atoms with Gasteiger partial charge in [-0.2, -0.15) is 0 Å². The predicted molar refractivity (Wildman–Crippen MR) is 66.5 cm³/mol. The van der Waals surface area contributed by atoms with Gasteiger partial charge in [-0.15, -0.1) is 0 Å². The zero-order chi connectivity index (χ0) is 11.5. The van der Waals surface area contributed by atoms with E-state index in [4.69, 9.17) is 5.73 Å². The first kappa shape index (κ1) is 11.6. The average Bonchev–Trinajstić information content (AvgIpc) is 2.71. The third-order valence-electron chi connectivity index (χ3n) is 2.94. The zero-order valence-electron chi connectivity index (χ0n) is 8.95. The number of nitrogens with two attached hydrogens (primary N) is 1. The fraction of sp³-hybridized carbons (Fsp3) is 0.600. The highest BCUT2D eigenvalue weighted by atomic mass is 79.9. The van der Waals surface area contributed by atoms with Crippen molar-refractivity contribution in [3.05, 3.63) is 21.2 Å². The summed E-state index contributed by atoms with van der Waals surface area (Å²) >= 11 is 3.28. The van der Waals surface area contributed by atoms with Gasteiger partial charge in [-0.3, -0.25) is 4.79 Å². The quantitative estimate of drug-likeness (QED) is 0.858. The molecule has 0 saturated carbocycles. The number of rotatable bonds is 3. The Kier molecular flexibility index (Phi) is 3.60. The molecule has 6 heteroatoms. The summed E-state index contributed by atoms with van der Waals surface area (Å²) in [5.74, 6) is 1.36. The molecule has 1 atom stereocenters. The summed E-state index contributed by atoms with van der Waals surface area (Å²) in [6, 6.07) is 0. The van der Waals surface area contributed by atoms with Crippen LogP contribution in [0.15, 0.2) is 15.6 Å². The molecule has 5 nitrogen and oxygen atoms in total. The lowest BCUT2D eigenvalue weighted by Crippen LogP contribution is -2.24. The Morgan fingerprint density at radius 2 is 2.50 bits per heavy atom. The molecule has 2 heterocycles. The van der Waals surface area contributed by atoms with E-state index in [1.54, 1.807) is 0 Å². The molecule has 0 aliphatic carbocycles. The molecule has 1 unspecified atom stereocenters. The lowest BCUT2D eigenvalue weighted by Gasteiger charge is -2.17. The van der Waals surface area contributed by atoms with Gasteiger partial charge < -0.3 is 15.6 Å². The van der Waals surface area contributed by atoms with Gasteiger partial charge in [-0.25, -0.2) is 4.98 Å². The molecule has 2 rings (SSSR count). The van der Waals surface area contributed by atoms with Gasteiger partial charge in [-0.05, 0) is 41.2 Å². The summed E-state index contributed by atoms with van der Waals surface area (Å²) in [5.41, 5.74) is 5.42. The summed E-state index contributed by atoms with van der Waals surface area (Å²) in [6.45, 7) is 2.61. The van der Waals surface area contributed by atoms with Crippen molar-refractivity contribution >= 4 is 21.7 Å². The van der Waals surface area contributed by atoms with E-state index in [0.717, 1.165) is 38.3 Å². The molecule has 16 heavy (non-hydrogen) atoms. The lowest BCUT2D eigenvalue weighted by atomic mass is 10.1. The second kappa shape index (κ2) is 4.97. The number of hydrogen-bond donors (Lipinski definition) is 2. The number of H-pyrrole nitrogens is 1. The summed E-state index contributed by atoms with van der Waals surface area (Å²) < 4.78 is 0.517. The zero-order valence-corrected chi connectivity index (χ0v) is 10.5. The molecular weight excluding hydrogens is 272 g/mol. The maximum Gasteiger partial charge on any atom is 0.267 e. The van der Waals surface area contributed by atoms with Gasteiger partial charge in [0.2, 0.25) is 0 Å². The lowest BCUT2D eigenvalue weighted by molar-refractivity contribution is 0.546. The monoisotopic (exact) mass is 286 g/mol. The average molecular weight is 287 g/mol. The largest absolute Gasteiger partial charge is 0.355 e. The minimum absolute atomic E-state index is 0.132. The Morgan fingerprint density at radius 1 is 1.69 bits per heavy atom. The van der Waals surface area contributed by atoms with Crippen LogP contribution in [0.25, 0.3) is 0 Å². The van der Waals surface area contributed by atoms with Crippen molar-refractivity contribution in [1.82, 2.24) is 9.97 Å². The van der Waals surface area contributed by atoms with Crippen LogP contribution in [0.2, 0.25) is 0 Å². The van der Waals surface area contributed by atoms with Crippen molar-refractivity contribution in [2.24, 2.45) is 11.7 Å². The molecule has 1 aliphatic heterocycles. The number of aromatic amines is 1. The van der Waals surface area contributed by atoms with Gasteiger partial charge in [0.25, 0.3) is 5.56 Å². The van der Waals surface area contributed by atoms with E-state index in [-0.39, 0.29) is 5.56 Å². The summed E-state index contributed by atoms with van der Waals surface area (Å²) in [7, 11) is 0. The van der Waals surface area contributed by atoms with Gasteiger partial charge in [-0.1, -0.05) is 0 Å². The van der Waals surface area contributed by atoms with Crippen molar-refractivity contribution in [2.75, 3.05) is 24.5 Å². The maximum atomic E-state index is 11.4. The minimum Gasteiger partial charge on any atom is -0.355 e. The topological polar surface area (TPSA) is 75.0 Å². The summed E-state index contributed by atoms with van der Waals surface area (Å²) in [6.07, 6.45) is 3.61. The minimum atomic E-state index is -0.132. The van der Waals surface area contributed by atoms with E-state index in [1.165, 1.54) is 6.33 Å². The SMILES string of the molecule is NCCC1CCN(c2nc[nH]c(=O)c2Br)C1. The standard InChI is InChI=1S/C10H15BrN4O/c11-8-9(13-6-14-10(8)16)15-4-2-7(5-15)1-3-12/h6-7H,1-5,12H2,(H,13,14,16). The van der Waals surface area contributed by atoms with Crippen LogP contribution in [0, 0.1) is 5.92 Å². The summed E-state index contributed by atoms with van der Waals surface area (Å²) in [4.78, 5) is 20.3. The summed E-state index contributed by atoms with van der Waals surface area (Å²) in [5, 5.41) is 0. The molecule has 0 radical (unpaired) electrons. The third-order valence-corrected chi connectivity index (χ3v) is 3.65. The van der Waals surface area contributed by atoms with Gasteiger partial charge in [0.1, 0.15) is 10.3 Å². The fourth-order valence-corrected chi connectivity index (χ4v) is 2.56. The van der Waals surface area contributed by atoms with E-state index in [2.05, 4.69) is 30.8 Å². The van der Waals surface area contributed by atoms with Gasteiger partial charge >= 0.3 is 0 Å². The van der Waals surface area contributed by atoms with Crippen LogP contribution in [0.5, 0.6) is 0 Å². The Bertz CT molecular complexity index is 420. The molecular formula is C10H15BrN4O. The fourth-order valence-electron chi connectivity index (χ4n) is 2.09. The van der Waals surface area contributed by atoms with Crippen LogP contribution in [-0.4, -0.2) is 29.6 Å². The number of hydrogen-bond acceptors (Lipinski definition) is 4. The highest BCUT2D eigenvalue weighted by Gasteiger charge is 2.24. The van der Waals surface area contributed by atoms with Crippen LogP contribution in [0.4, 0.5) is 5.82 Å². The Balaban J connectivity index is 2.14. The first-order valence-electron chi connectivity index (χ1n) is 5.40. The van der Waals surface area contributed by atoms with Crippen molar-refractivity contribution in [1.29, 1.82) is 0 Å². The van der Waals surface area contributed by atoms with Crippen LogP contribution in [0.1, 0.15) is 12.8 Å². The van der Waals surface area contributed by atoms with E-state index >= 15 is 0 Å². The van der Waals surface area contributed by atoms with Gasteiger partial charge in [0.15, 0.2) is 0 Å². The molecule has 0 aromatic carbocycles. The number of anilines is 1. The molecule has 0 spiro atoms. The van der Waals surface area contributed by atoms with E-state index in [9.17, 15) is 4.79 Å². The smallest absolute Gasteiger partial charge is 0.267 e. The molecule has 1 aliphatic rings. The normalized spacial score (nSPS) is 20.4. The Morgan fingerprint density at radius 3 is 3.25 bits per heavy atom. The maximum absolute atomic E-state index is 11.4. The van der Waals surface area contributed by atoms with Gasteiger partial charge in [0, 0.05) is 13.1 Å². The number of halogens is 1. The van der Waals surface area contributed by atoms with Crippen LogP contribution in [0.3, 0.4) is 0 Å². The van der Waals surface area contributed by atoms with Crippen molar-refractivity contribution in [3.63, 3.8) is 0 Å². The van der Waals surface area contributed by atoms with Crippen molar-refractivity contribution < 1.29 is 0 Å². The van der Waals surface area contributed by atoms with Crippen molar-refractivity contribution in [3.8, 4) is 0 Å². The highest BCUT2D eigenvalue weighted by molar-refractivity contribution is 9.10. The van der Waals surface area contributed by atoms with Gasteiger partial charge in [0.05, 0.1) is 6.33 Å². The highest BCUT2D eigenvalue weighted by Crippen LogP contribution is 2.27.